The normalized spacial score (nSPS) is 14.7. The molecule has 2 unspecified atom stereocenters. The van der Waals surface area contributed by atoms with Crippen molar-refractivity contribution in [3.05, 3.63) is 28.6 Å². The standard InChI is InChI=1S/C14H24N2O/c1-9-8-11(3)16-13(5)14(9)12(4)15-10(2)6-7-17/h8,10,12,15,17H,6-7H2,1-5H3. The summed E-state index contributed by atoms with van der Waals surface area (Å²) >= 11 is 0. The van der Waals surface area contributed by atoms with Gasteiger partial charge in [0.2, 0.25) is 0 Å². The minimum atomic E-state index is 0.227. The van der Waals surface area contributed by atoms with Crippen molar-refractivity contribution in [2.24, 2.45) is 0 Å². The molecule has 1 heterocycles. The fourth-order valence-corrected chi connectivity index (χ4v) is 2.48. The quantitative estimate of drug-likeness (QED) is 0.825. The minimum Gasteiger partial charge on any atom is -0.396 e. The number of aliphatic hydroxyl groups is 1. The van der Waals surface area contributed by atoms with Crippen LogP contribution in [0.15, 0.2) is 6.07 Å². The van der Waals surface area contributed by atoms with E-state index in [-0.39, 0.29) is 12.6 Å². The van der Waals surface area contributed by atoms with E-state index in [0.29, 0.717) is 6.04 Å². The third-order valence-electron chi connectivity index (χ3n) is 3.11. The topological polar surface area (TPSA) is 45.1 Å². The molecule has 1 rings (SSSR count). The second-order valence-corrected chi connectivity index (χ2v) is 4.88. The fraction of sp³-hybridized carbons (Fsp3) is 0.643. The Morgan fingerprint density at radius 2 is 1.94 bits per heavy atom. The van der Waals surface area contributed by atoms with Crippen LogP contribution in [0.1, 0.15) is 48.8 Å². The monoisotopic (exact) mass is 236 g/mol. The molecule has 0 aliphatic heterocycles. The number of hydrogen-bond donors (Lipinski definition) is 2. The second kappa shape index (κ2) is 6.12. The maximum atomic E-state index is 8.91. The van der Waals surface area contributed by atoms with Crippen molar-refractivity contribution in [1.29, 1.82) is 0 Å². The van der Waals surface area contributed by atoms with Crippen LogP contribution in [0.5, 0.6) is 0 Å². The van der Waals surface area contributed by atoms with E-state index in [1.165, 1.54) is 11.1 Å². The van der Waals surface area contributed by atoms with E-state index in [1.54, 1.807) is 0 Å². The van der Waals surface area contributed by atoms with Crippen molar-refractivity contribution >= 4 is 0 Å². The lowest BCUT2D eigenvalue weighted by Gasteiger charge is -2.22. The Hall–Kier alpha value is -0.930. The molecule has 2 N–H and O–H groups in total. The van der Waals surface area contributed by atoms with Crippen LogP contribution in [-0.2, 0) is 0 Å². The molecule has 0 aliphatic carbocycles. The first-order valence-corrected chi connectivity index (χ1v) is 6.27. The molecule has 3 nitrogen and oxygen atoms in total. The average Bonchev–Trinajstić information content (AvgIpc) is 2.15. The SMILES string of the molecule is Cc1cc(C)c(C(C)NC(C)CCO)c(C)n1. The smallest absolute Gasteiger partial charge is 0.0445 e. The summed E-state index contributed by atoms with van der Waals surface area (Å²) in [6, 6.07) is 2.71. The lowest BCUT2D eigenvalue weighted by atomic mass is 9.99. The molecule has 2 atom stereocenters. The molecule has 3 heteroatoms. The molecule has 0 fully saturated rings. The largest absolute Gasteiger partial charge is 0.396 e. The minimum absolute atomic E-state index is 0.227. The summed E-state index contributed by atoms with van der Waals surface area (Å²) in [6.45, 7) is 10.7. The predicted octanol–water partition coefficient (Wildman–Crippen LogP) is 2.43. The van der Waals surface area contributed by atoms with Crippen molar-refractivity contribution < 1.29 is 5.11 Å². The van der Waals surface area contributed by atoms with Gasteiger partial charge in [-0.2, -0.15) is 0 Å². The van der Waals surface area contributed by atoms with Gasteiger partial charge in [0.25, 0.3) is 0 Å². The van der Waals surface area contributed by atoms with Crippen LogP contribution in [0.4, 0.5) is 0 Å². The van der Waals surface area contributed by atoms with Crippen LogP contribution >= 0.6 is 0 Å². The molecule has 96 valence electrons. The maximum absolute atomic E-state index is 8.91. The molecule has 0 saturated heterocycles. The second-order valence-electron chi connectivity index (χ2n) is 4.88. The van der Waals surface area contributed by atoms with Gasteiger partial charge < -0.3 is 10.4 Å². The van der Waals surface area contributed by atoms with Gasteiger partial charge in [0.15, 0.2) is 0 Å². The number of aromatic nitrogens is 1. The van der Waals surface area contributed by atoms with Crippen LogP contribution in [0, 0.1) is 20.8 Å². The molecule has 0 radical (unpaired) electrons. The van der Waals surface area contributed by atoms with E-state index in [0.717, 1.165) is 17.8 Å². The van der Waals surface area contributed by atoms with Gasteiger partial charge >= 0.3 is 0 Å². The molecule has 17 heavy (non-hydrogen) atoms. The van der Waals surface area contributed by atoms with Crippen LogP contribution in [-0.4, -0.2) is 22.7 Å². The number of rotatable bonds is 5. The summed E-state index contributed by atoms with van der Waals surface area (Å²) in [5.41, 5.74) is 4.73. The zero-order valence-corrected chi connectivity index (χ0v) is 11.5. The van der Waals surface area contributed by atoms with E-state index < -0.39 is 0 Å². The van der Waals surface area contributed by atoms with Gasteiger partial charge in [-0.1, -0.05) is 0 Å². The number of nitrogens with zero attached hydrogens (tertiary/aromatic N) is 1. The van der Waals surface area contributed by atoms with E-state index >= 15 is 0 Å². The first-order chi connectivity index (χ1) is 7.95. The third kappa shape index (κ3) is 3.79. The van der Waals surface area contributed by atoms with Crippen LogP contribution in [0.3, 0.4) is 0 Å². The zero-order chi connectivity index (χ0) is 13.0. The Bertz CT molecular complexity index is 353. The Kier molecular flexibility index (Phi) is 5.09. The average molecular weight is 236 g/mol. The summed E-state index contributed by atoms with van der Waals surface area (Å²) < 4.78 is 0. The van der Waals surface area contributed by atoms with E-state index in [1.807, 2.05) is 6.92 Å². The lowest BCUT2D eigenvalue weighted by molar-refractivity contribution is 0.264. The Morgan fingerprint density at radius 1 is 1.29 bits per heavy atom. The van der Waals surface area contributed by atoms with Gasteiger partial charge in [-0.25, -0.2) is 0 Å². The molecular formula is C14H24N2O. The lowest BCUT2D eigenvalue weighted by Crippen LogP contribution is -2.30. The van der Waals surface area contributed by atoms with Gasteiger partial charge in [0.1, 0.15) is 0 Å². The number of aliphatic hydroxyl groups excluding tert-OH is 1. The van der Waals surface area contributed by atoms with Crippen molar-refractivity contribution in [1.82, 2.24) is 10.3 Å². The molecule has 1 aromatic rings. The van der Waals surface area contributed by atoms with Crippen LogP contribution in [0.2, 0.25) is 0 Å². The number of nitrogens with one attached hydrogen (secondary N) is 1. The van der Waals surface area contributed by atoms with Crippen molar-refractivity contribution in [3.8, 4) is 0 Å². The number of aryl methyl sites for hydroxylation is 3. The van der Waals surface area contributed by atoms with E-state index in [9.17, 15) is 0 Å². The third-order valence-corrected chi connectivity index (χ3v) is 3.11. The summed E-state index contributed by atoms with van der Waals surface area (Å²) in [7, 11) is 0. The van der Waals surface area contributed by atoms with Crippen molar-refractivity contribution in [3.63, 3.8) is 0 Å². The van der Waals surface area contributed by atoms with Crippen LogP contribution in [0.25, 0.3) is 0 Å². The predicted molar refractivity (Wildman–Crippen MR) is 71.2 cm³/mol. The Labute approximate surface area is 104 Å². The molecule has 1 aromatic heterocycles. The number of pyridine rings is 1. The van der Waals surface area contributed by atoms with Gasteiger partial charge in [-0.3, -0.25) is 4.98 Å². The van der Waals surface area contributed by atoms with Crippen molar-refractivity contribution in [2.75, 3.05) is 6.61 Å². The molecule has 0 saturated carbocycles. The summed E-state index contributed by atoms with van der Waals surface area (Å²) in [5.74, 6) is 0. The van der Waals surface area contributed by atoms with E-state index in [2.05, 4.69) is 44.1 Å². The van der Waals surface area contributed by atoms with Gasteiger partial charge in [-0.15, -0.1) is 0 Å². The highest BCUT2D eigenvalue weighted by Crippen LogP contribution is 2.21. The maximum Gasteiger partial charge on any atom is 0.0445 e. The van der Waals surface area contributed by atoms with Crippen molar-refractivity contribution in [2.45, 2.75) is 53.1 Å². The first-order valence-electron chi connectivity index (χ1n) is 6.27. The van der Waals surface area contributed by atoms with Gasteiger partial charge in [0.05, 0.1) is 0 Å². The summed E-state index contributed by atoms with van der Waals surface area (Å²) in [5, 5.41) is 12.4. The summed E-state index contributed by atoms with van der Waals surface area (Å²) in [4.78, 5) is 4.52. The Morgan fingerprint density at radius 3 is 2.47 bits per heavy atom. The highest BCUT2D eigenvalue weighted by molar-refractivity contribution is 5.33. The highest BCUT2D eigenvalue weighted by Gasteiger charge is 2.14. The van der Waals surface area contributed by atoms with Gasteiger partial charge in [-0.05, 0) is 58.2 Å². The first kappa shape index (κ1) is 14.1. The molecule has 0 spiro atoms. The van der Waals surface area contributed by atoms with Gasteiger partial charge in [0, 0.05) is 30.1 Å². The molecule has 0 aliphatic rings. The van der Waals surface area contributed by atoms with E-state index in [4.69, 9.17) is 5.11 Å². The molecular weight excluding hydrogens is 212 g/mol. The Balaban J connectivity index is 2.85. The highest BCUT2D eigenvalue weighted by atomic mass is 16.3. The molecule has 0 amide bonds. The zero-order valence-electron chi connectivity index (χ0n) is 11.5. The number of hydrogen-bond acceptors (Lipinski definition) is 3. The van der Waals surface area contributed by atoms with Crippen LogP contribution < -0.4 is 5.32 Å². The molecule has 0 bridgehead atoms. The molecule has 0 aromatic carbocycles. The summed E-state index contributed by atoms with van der Waals surface area (Å²) in [6.07, 6.45) is 0.779. The fourth-order valence-electron chi connectivity index (χ4n) is 2.48.